The number of fused-ring (bicyclic) bond motifs is 2. The van der Waals surface area contributed by atoms with E-state index in [9.17, 15) is 0 Å². The van der Waals surface area contributed by atoms with E-state index in [1.54, 1.807) is 0 Å². The first-order chi connectivity index (χ1) is 16.9. The molecule has 3 rings (SSSR count). The third-order valence-electron chi connectivity index (χ3n) is 9.08. The molecular formula is C32H56N2O. The number of rotatable bonds is 10. The first-order valence-electron chi connectivity index (χ1n) is 14.7. The molecule has 3 fully saturated rings. The van der Waals surface area contributed by atoms with Crippen LogP contribution in [-0.2, 0) is 4.74 Å². The molecule has 2 saturated carbocycles. The summed E-state index contributed by atoms with van der Waals surface area (Å²) in [5.41, 5.74) is 3.58. The minimum absolute atomic E-state index is 0.345. The number of hydrogen-bond donors (Lipinski definition) is 0. The molecule has 1 saturated heterocycles. The summed E-state index contributed by atoms with van der Waals surface area (Å²) in [7, 11) is 0. The Morgan fingerprint density at radius 2 is 1.23 bits per heavy atom. The van der Waals surface area contributed by atoms with E-state index in [1.165, 1.54) is 44.1 Å². The normalized spacial score (nSPS) is 32.8. The van der Waals surface area contributed by atoms with E-state index in [0.717, 1.165) is 37.3 Å². The zero-order valence-corrected chi connectivity index (χ0v) is 24.2. The van der Waals surface area contributed by atoms with Gasteiger partial charge in [0.05, 0.1) is 12.2 Å². The van der Waals surface area contributed by atoms with E-state index in [4.69, 9.17) is 4.74 Å². The van der Waals surface area contributed by atoms with Gasteiger partial charge in [-0.05, 0) is 101 Å². The molecular weight excluding hydrogens is 428 g/mol. The van der Waals surface area contributed by atoms with Crippen LogP contribution in [0.2, 0.25) is 0 Å². The minimum Gasteiger partial charge on any atom is -0.374 e. The summed E-state index contributed by atoms with van der Waals surface area (Å²) >= 11 is 0. The van der Waals surface area contributed by atoms with Crippen LogP contribution >= 0.6 is 0 Å². The molecule has 0 N–H and O–H groups in total. The zero-order chi connectivity index (χ0) is 26.1. The summed E-state index contributed by atoms with van der Waals surface area (Å²) in [6.45, 7) is 32.6. The van der Waals surface area contributed by atoms with Crippen molar-refractivity contribution in [3.05, 3.63) is 48.6 Å². The molecule has 1 aliphatic heterocycles. The molecule has 6 unspecified atom stereocenters. The molecule has 35 heavy (non-hydrogen) atoms. The van der Waals surface area contributed by atoms with Crippen LogP contribution in [0.4, 0.5) is 0 Å². The third kappa shape index (κ3) is 6.79. The van der Waals surface area contributed by atoms with Crippen molar-refractivity contribution in [1.82, 2.24) is 9.80 Å². The average molecular weight is 485 g/mol. The zero-order valence-electron chi connectivity index (χ0n) is 24.2. The molecule has 3 heteroatoms. The maximum absolute atomic E-state index is 7.07. The van der Waals surface area contributed by atoms with Crippen molar-refractivity contribution in [2.75, 3.05) is 26.2 Å². The molecule has 0 aromatic carbocycles. The van der Waals surface area contributed by atoms with Gasteiger partial charge in [-0.2, -0.15) is 0 Å². The fraction of sp³-hybridized carbons (Fsp3) is 0.750. The van der Waals surface area contributed by atoms with Gasteiger partial charge in [-0.3, -0.25) is 0 Å². The monoisotopic (exact) mass is 484 g/mol. The van der Waals surface area contributed by atoms with Crippen molar-refractivity contribution in [3.8, 4) is 0 Å². The summed E-state index contributed by atoms with van der Waals surface area (Å²) in [5, 5.41) is 0. The van der Waals surface area contributed by atoms with E-state index in [-0.39, 0.29) is 0 Å². The fourth-order valence-corrected chi connectivity index (χ4v) is 7.33. The topological polar surface area (TPSA) is 15.7 Å². The number of ether oxygens (including phenoxy) is 1. The van der Waals surface area contributed by atoms with Crippen molar-refractivity contribution in [2.24, 2.45) is 17.8 Å². The lowest BCUT2D eigenvalue weighted by molar-refractivity contribution is -0.178. The van der Waals surface area contributed by atoms with Crippen LogP contribution in [0.3, 0.4) is 0 Å². The van der Waals surface area contributed by atoms with E-state index in [0.29, 0.717) is 42.0 Å². The molecule has 0 radical (unpaired) electrons. The minimum atomic E-state index is 0.345. The summed E-state index contributed by atoms with van der Waals surface area (Å²) in [5.74, 6) is 1.65. The molecule has 1 heterocycles. The Morgan fingerprint density at radius 1 is 0.800 bits per heavy atom. The van der Waals surface area contributed by atoms with Crippen molar-refractivity contribution >= 4 is 0 Å². The van der Waals surface area contributed by atoms with Crippen LogP contribution in [0.1, 0.15) is 87.0 Å². The molecule has 3 nitrogen and oxygen atoms in total. The van der Waals surface area contributed by atoms with Gasteiger partial charge >= 0.3 is 0 Å². The number of hydrogen-bond acceptors (Lipinski definition) is 3. The predicted molar refractivity (Wildman–Crippen MR) is 154 cm³/mol. The van der Waals surface area contributed by atoms with Crippen molar-refractivity contribution < 1.29 is 4.74 Å². The van der Waals surface area contributed by atoms with E-state index >= 15 is 0 Å². The fourth-order valence-electron chi connectivity index (χ4n) is 7.33. The third-order valence-corrected chi connectivity index (χ3v) is 9.08. The standard InChI is InChI=1S/C30H50N2O.C2H6/c1-9-14-25(22(8)21(6)7)30-26-17-15-23(31(10-2)11-3)19-28(26)33-29-20-24(16-18-27(29)30)32(12-4)13-5;1-2/h9,14,23-24,26-30H,1,6,8,10-13,15-20H2,2-5,7H3;1-2H3/b25-14+;. The van der Waals surface area contributed by atoms with Crippen LogP contribution in [0, 0.1) is 17.8 Å². The van der Waals surface area contributed by atoms with Gasteiger partial charge in [-0.15, -0.1) is 0 Å². The molecule has 200 valence electrons. The molecule has 0 amide bonds. The second-order valence-corrected chi connectivity index (χ2v) is 10.6. The highest BCUT2D eigenvalue weighted by Crippen LogP contribution is 2.52. The highest BCUT2D eigenvalue weighted by Gasteiger charge is 2.51. The van der Waals surface area contributed by atoms with Crippen LogP contribution in [-0.4, -0.2) is 60.3 Å². The molecule has 6 atom stereocenters. The maximum atomic E-state index is 7.07. The lowest BCUT2D eigenvalue weighted by Gasteiger charge is -2.55. The van der Waals surface area contributed by atoms with Crippen molar-refractivity contribution in [2.45, 2.75) is 111 Å². The Balaban J connectivity index is 0.00000210. The Bertz CT molecular complexity index is 681. The molecule has 0 aromatic rings. The van der Waals surface area contributed by atoms with E-state index < -0.39 is 0 Å². The van der Waals surface area contributed by atoms with Gasteiger partial charge in [0.2, 0.25) is 0 Å². The van der Waals surface area contributed by atoms with Crippen molar-refractivity contribution in [1.29, 1.82) is 0 Å². The Hall–Kier alpha value is -1.16. The second-order valence-electron chi connectivity index (χ2n) is 10.6. The first-order valence-corrected chi connectivity index (χ1v) is 14.7. The Kier molecular flexibility index (Phi) is 12.5. The molecule has 0 spiro atoms. The lowest BCUT2D eigenvalue weighted by Crippen LogP contribution is -2.57. The maximum Gasteiger partial charge on any atom is 0.0628 e. The van der Waals surface area contributed by atoms with E-state index in [2.05, 4.69) is 70.2 Å². The molecule has 0 bridgehead atoms. The average Bonchev–Trinajstić information content (AvgIpc) is 2.88. The largest absolute Gasteiger partial charge is 0.374 e. The van der Waals surface area contributed by atoms with Gasteiger partial charge in [0.1, 0.15) is 0 Å². The number of allylic oxidation sites excluding steroid dienone is 5. The van der Waals surface area contributed by atoms with Crippen LogP contribution in [0.5, 0.6) is 0 Å². The summed E-state index contributed by atoms with van der Waals surface area (Å²) < 4.78 is 7.07. The second kappa shape index (κ2) is 14.5. The highest BCUT2D eigenvalue weighted by atomic mass is 16.5. The summed E-state index contributed by atoms with van der Waals surface area (Å²) in [4.78, 5) is 5.29. The molecule has 0 aromatic heterocycles. The van der Waals surface area contributed by atoms with Gasteiger partial charge in [-0.1, -0.05) is 79.0 Å². The van der Waals surface area contributed by atoms with Gasteiger partial charge in [0.25, 0.3) is 0 Å². The predicted octanol–water partition coefficient (Wildman–Crippen LogP) is 7.66. The summed E-state index contributed by atoms with van der Waals surface area (Å²) in [6, 6.07) is 1.30. The lowest BCUT2D eigenvalue weighted by atomic mass is 9.60. The van der Waals surface area contributed by atoms with Gasteiger partial charge in [0, 0.05) is 12.1 Å². The van der Waals surface area contributed by atoms with Gasteiger partial charge < -0.3 is 14.5 Å². The Morgan fingerprint density at radius 3 is 1.57 bits per heavy atom. The smallest absolute Gasteiger partial charge is 0.0628 e. The number of nitrogens with zero attached hydrogens (tertiary/aromatic N) is 2. The summed E-state index contributed by atoms with van der Waals surface area (Å²) in [6.07, 6.45) is 12.3. The van der Waals surface area contributed by atoms with E-state index in [1.807, 2.05) is 19.9 Å². The molecule has 2 aliphatic carbocycles. The quantitative estimate of drug-likeness (QED) is 0.296. The first kappa shape index (κ1) is 30.1. The van der Waals surface area contributed by atoms with Crippen LogP contribution in [0.25, 0.3) is 0 Å². The molecule has 3 aliphatic rings. The SMILES string of the molecule is C=C/C=C(\C(=C)C(=C)C)C1C2CCC(N(CC)CC)CC2OC2CC(N(CC)CC)CCC21.CC. The van der Waals surface area contributed by atoms with Crippen LogP contribution < -0.4 is 0 Å². The van der Waals surface area contributed by atoms with Gasteiger partial charge in [-0.25, -0.2) is 0 Å². The Labute approximate surface area is 218 Å². The van der Waals surface area contributed by atoms with Crippen LogP contribution in [0.15, 0.2) is 48.6 Å². The highest BCUT2D eigenvalue weighted by molar-refractivity contribution is 5.46. The van der Waals surface area contributed by atoms with Crippen molar-refractivity contribution in [3.63, 3.8) is 0 Å². The van der Waals surface area contributed by atoms with Gasteiger partial charge in [0.15, 0.2) is 0 Å².